The summed E-state index contributed by atoms with van der Waals surface area (Å²) < 4.78 is 2.56. The first-order valence-electron chi connectivity index (χ1n) is 5.34. The summed E-state index contributed by atoms with van der Waals surface area (Å²) in [7, 11) is 0. The predicted molar refractivity (Wildman–Crippen MR) is 69.8 cm³/mol. The first-order valence-corrected chi connectivity index (χ1v) is 6.13. The number of fused-ring (bicyclic) bond motifs is 1. The molecule has 3 aromatic rings. The predicted octanol–water partition coefficient (Wildman–Crippen LogP) is 1.17. The Morgan fingerprint density at radius 3 is 3.05 bits per heavy atom. The van der Waals surface area contributed by atoms with E-state index >= 15 is 0 Å². The number of carbonyl (C=O) groups is 1. The summed E-state index contributed by atoms with van der Waals surface area (Å²) in [5.41, 5.74) is 1.75. The van der Waals surface area contributed by atoms with Crippen molar-refractivity contribution < 1.29 is 4.79 Å². The van der Waals surface area contributed by atoms with Crippen molar-refractivity contribution in [1.82, 2.24) is 30.0 Å². The summed E-state index contributed by atoms with van der Waals surface area (Å²) in [6, 6.07) is 3.69. The highest BCUT2D eigenvalue weighted by atomic mass is 79.9. The largest absolute Gasteiger partial charge is 0.294 e. The normalized spacial score (nSPS) is 10.8. The lowest BCUT2D eigenvalue weighted by Gasteiger charge is -2.02. The molecule has 2 N–H and O–H groups in total. The van der Waals surface area contributed by atoms with E-state index < -0.39 is 0 Å². The second-order valence-corrected chi connectivity index (χ2v) is 4.73. The van der Waals surface area contributed by atoms with Gasteiger partial charge in [-0.3, -0.25) is 14.5 Å². The first-order chi connectivity index (χ1) is 9.15. The number of rotatable bonds is 2. The number of anilines is 1. The molecule has 0 bridgehead atoms. The summed E-state index contributed by atoms with van der Waals surface area (Å²) in [4.78, 5) is 16.5. The molecule has 3 heterocycles. The average Bonchev–Trinajstić information content (AvgIpc) is 2.95. The van der Waals surface area contributed by atoms with Crippen LogP contribution in [-0.4, -0.2) is 35.9 Å². The molecule has 0 unspecified atom stereocenters. The van der Waals surface area contributed by atoms with E-state index in [2.05, 4.69) is 46.9 Å². The van der Waals surface area contributed by atoms with Crippen LogP contribution in [0.4, 0.5) is 5.95 Å². The number of hydrogen-bond acceptors (Lipinski definition) is 5. The summed E-state index contributed by atoms with van der Waals surface area (Å²) in [5.74, 6) is -0.223. The van der Waals surface area contributed by atoms with Crippen LogP contribution in [0.2, 0.25) is 0 Å². The monoisotopic (exact) mass is 321 g/mol. The van der Waals surface area contributed by atoms with E-state index in [9.17, 15) is 4.79 Å². The molecule has 96 valence electrons. The number of nitrogens with zero attached hydrogens (tertiary/aromatic N) is 5. The molecule has 8 nitrogen and oxygen atoms in total. The van der Waals surface area contributed by atoms with Gasteiger partial charge in [0.1, 0.15) is 11.3 Å². The van der Waals surface area contributed by atoms with Gasteiger partial charge >= 0.3 is 0 Å². The molecular weight excluding hydrogens is 314 g/mol. The van der Waals surface area contributed by atoms with Crippen molar-refractivity contribution in [3.8, 4) is 0 Å². The van der Waals surface area contributed by atoms with Gasteiger partial charge in [-0.05, 0) is 40.2 Å². The fourth-order valence-corrected chi connectivity index (χ4v) is 2.12. The summed E-state index contributed by atoms with van der Waals surface area (Å²) in [5, 5.41) is 15.5. The molecule has 0 atom stereocenters. The number of nitrogens with one attached hydrogen (secondary N) is 2. The fraction of sp³-hybridized carbons (Fsp3) is 0.100. The molecule has 3 aromatic heterocycles. The van der Waals surface area contributed by atoms with Crippen LogP contribution in [-0.2, 0) is 0 Å². The van der Waals surface area contributed by atoms with Gasteiger partial charge in [-0.25, -0.2) is 4.98 Å². The van der Waals surface area contributed by atoms with Crippen LogP contribution < -0.4 is 5.32 Å². The molecule has 0 aliphatic carbocycles. The molecule has 0 saturated heterocycles. The number of imidazole rings is 1. The van der Waals surface area contributed by atoms with Crippen LogP contribution >= 0.6 is 15.9 Å². The lowest BCUT2D eigenvalue weighted by Crippen LogP contribution is -2.16. The molecule has 9 heteroatoms. The summed E-state index contributed by atoms with van der Waals surface area (Å²) in [6.45, 7) is 1.77. The average molecular weight is 322 g/mol. The van der Waals surface area contributed by atoms with Gasteiger partial charge in [-0.1, -0.05) is 5.10 Å². The SMILES string of the molecule is Cc1nc2ccc(Br)cn2c1C(=O)Nc1nn[nH]n1. The number of carbonyl (C=O) groups excluding carboxylic acids is 1. The first kappa shape index (κ1) is 11.8. The Morgan fingerprint density at radius 1 is 1.47 bits per heavy atom. The number of H-pyrrole nitrogens is 1. The van der Waals surface area contributed by atoms with Gasteiger partial charge in [0.2, 0.25) is 0 Å². The summed E-state index contributed by atoms with van der Waals surface area (Å²) in [6.07, 6.45) is 1.78. The lowest BCUT2D eigenvalue weighted by molar-refractivity contribution is 0.102. The molecule has 3 rings (SSSR count). The highest BCUT2D eigenvalue weighted by Crippen LogP contribution is 2.17. The Balaban J connectivity index is 2.06. The number of aromatic nitrogens is 6. The molecule has 0 saturated carbocycles. The van der Waals surface area contributed by atoms with Crippen molar-refractivity contribution in [2.24, 2.45) is 0 Å². The van der Waals surface area contributed by atoms with Crippen molar-refractivity contribution >= 4 is 33.4 Å². The molecule has 0 aromatic carbocycles. The number of tetrazole rings is 1. The zero-order chi connectivity index (χ0) is 13.4. The van der Waals surface area contributed by atoms with Crippen LogP contribution in [0.25, 0.3) is 5.65 Å². The Kier molecular flexibility index (Phi) is 2.75. The van der Waals surface area contributed by atoms with Crippen molar-refractivity contribution in [2.75, 3.05) is 5.32 Å². The van der Waals surface area contributed by atoms with Gasteiger partial charge in [-0.15, -0.1) is 5.10 Å². The third kappa shape index (κ3) is 2.08. The molecule has 0 radical (unpaired) electrons. The van der Waals surface area contributed by atoms with E-state index in [0.717, 1.165) is 4.47 Å². The number of aromatic amines is 1. The Hall–Kier alpha value is -2.29. The molecular formula is C10H8BrN7O. The second-order valence-electron chi connectivity index (χ2n) is 3.81. The zero-order valence-corrected chi connectivity index (χ0v) is 11.3. The highest BCUT2D eigenvalue weighted by molar-refractivity contribution is 9.10. The third-order valence-electron chi connectivity index (χ3n) is 2.54. The molecule has 0 aliphatic rings. The van der Waals surface area contributed by atoms with Crippen molar-refractivity contribution in [3.63, 3.8) is 0 Å². The molecule has 19 heavy (non-hydrogen) atoms. The van der Waals surface area contributed by atoms with Gasteiger partial charge in [0.15, 0.2) is 0 Å². The molecule has 1 amide bonds. The van der Waals surface area contributed by atoms with Crippen LogP contribution in [0.15, 0.2) is 22.8 Å². The van der Waals surface area contributed by atoms with Crippen molar-refractivity contribution in [1.29, 1.82) is 0 Å². The number of pyridine rings is 1. The Bertz CT molecular complexity index is 749. The maximum atomic E-state index is 12.2. The minimum absolute atomic E-state index is 0.120. The van der Waals surface area contributed by atoms with E-state index in [-0.39, 0.29) is 11.9 Å². The van der Waals surface area contributed by atoms with Gasteiger partial charge < -0.3 is 0 Å². The second kappa shape index (κ2) is 4.43. The Labute approximate surface area is 115 Å². The summed E-state index contributed by atoms with van der Waals surface area (Å²) >= 11 is 3.37. The van der Waals surface area contributed by atoms with Crippen molar-refractivity contribution in [3.05, 3.63) is 34.2 Å². The minimum Gasteiger partial charge on any atom is -0.294 e. The maximum Gasteiger partial charge on any atom is 0.277 e. The van der Waals surface area contributed by atoms with E-state index in [1.165, 1.54) is 0 Å². The van der Waals surface area contributed by atoms with Crippen LogP contribution in [0.3, 0.4) is 0 Å². The lowest BCUT2D eigenvalue weighted by atomic mass is 10.3. The van der Waals surface area contributed by atoms with E-state index in [4.69, 9.17) is 0 Å². The van der Waals surface area contributed by atoms with Crippen molar-refractivity contribution in [2.45, 2.75) is 6.92 Å². The van der Waals surface area contributed by atoms with Gasteiger partial charge in [0.25, 0.3) is 11.9 Å². The van der Waals surface area contributed by atoms with E-state index in [1.54, 1.807) is 17.5 Å². The Morgan fingerprint density at radius 2 is 2.32 bits per heavy atom. The molecule has 0 spiro atoms. The maximum absolute atomic E-state index is 12.2. The standard InChI is InChI=1S/C10H8BrN7O/c1-5-8(9(19)13-10-14-16-17-15-10)18-4-6(11)2-3-7(18)12-5/h2-4H,1H3,(H2,13,14,15,16,17,19). The van der Waals surface area contributed by atoms with Gasteiger partial charge in [0, 0.05) is 10.7 Å². The van der Waals surface area contributed by atoms with Crippen LogP contribution in [0.5, 0.6) is 0 Å². The highest BCUT2D eigenvalue weighted by Gasteiger charge is 2.18. The smallest absolute Gasteiger partial charge is 0.277 e. The van der Waals surface area contributed by atoms with Crippen LogP contribution in [0.1, 0.15) is 16.2 Å². The van der Waals surface area contributed by atoms with Crippen LogP contribution in [0, 0.1) is 6.92 Å². The number of aryl methyl sites for hydroxylation is 1. The molecule has 0 aliphatic heterocycles. The number of amides is 1. The van der Waals surface area contributed by atoms with Gasteiger partial charge in [0.05, 0.1) is 5.69 Å². The molecule has 0 fully saturated rings. The number of halogens is 1. The third-order valence-corrected chi connectivity index (χ3v) is 3.01. The topological polar surface area (TPSA) is 101 Å². The van der Waals surface area contributed by atoms with E-state index in [0.29, 0.717) is 17.0 Å². The fourth-order valence-electron chi connectivity index (χ4n) is 1.79. The van der Waals surface area contributed by atoms with Gasteiger partial charge in [-0.2, -0.15) is 5.21 Å². The quantitative estimate of drug-likeness (QED) is 0.737. The van der Waals surface area contributed by atoms with E-state index in [1.807, 2.05) is 12.1 Å². The number of hydrogen-bond donors (Lipinski definition) is 2. The zero-order valence-electron chi connectivity index (χ0n) is 9.75. The minimum atomic E-state index is -0.343.